The second-order valence-electron chi connectivity index (χ2n) is 4.10. The van der Waals surface area contributed by atoms with Crippen LogP contribution in [-0.4, -0.2) is 14.8 Å². The summed E-state index contributed by atoms with van der Waals surface area (Å²) in [5.74, 6) is 0. The SMILES string of the molecule is Cc1n[nH]c(C)c1-c1cc(C#N)n(C(F)F)c1C. The van der Waals surface area contributed by atoms with E-state index in [-0.39, 0.29) is 5.69 Å². The first-order valence-corrected chi connectivity index (χ1v) is 5.39. The number of nitriles is 1. The average molecular weight is 250 g/mol. The van der Waals surface area contributed by atoms with E-state index in [9.17, 15) is 8.78 Å². The normalized spacial score (nSPS) is 10.9. The minimum Gasteiger partial charge on any atom is -0.282 e. The van der Waals surface area contributed by atoms with E-state index >= 15 is 0 Å². The van der Waals surface area contributed by atoms with Crippen LogP contribution in [0.2, 0.25) is 0 Å². The summed E-state index contributed by atoms with van der Waals surface area (Å²) in [4.78, 5) is 0. The zero-order valence-electron chi connectivity index (χ0n) is 10.3. The molecule has 0 aliphatic carbocycles. The summed E-state index contributed by atoms with van der Waals surface area (Å²) in [7, 11) is 0. The lowest BCUT2D eigenvalue weighted by molar-refractivity contribution is 0.0679. The van der Waals surface area contributed by atoms with Crippen LogP contribution in [0.3, 0.4) is 0 Å². The van der Waals surface area contributed by atoms with Gasteiger partial charge < -0.3 is 0 Å². The first kappa shape index (κ1) is 12.3. The van der Waals surface area contributed by atoms with E-state index in [1.165, 1.54) is 6.07 Å². The van der Waals surface area contributed by atoms with Gasteiger partial charge in [0.15, 0.2) is 0 Å². The van der Waals surface area contributed by atoms with E-state index in [0.29, 0.717) is 11.3 Å². The standard InChI is InChI=1S/C12H12F2N4/c1-6-11(7(2)17-16-6)10-4-9(5-15)18(8(10)3)12(13)14/h4,12H,1-3H3,(H,16,17). The highest BCUT2D eigenvalue weighted by atomic mass is 19.3. The van der Waals surface area contributed by atoms with Crippen LogP contribution >= 0.6 is 0 Å². The van der Waals surface area contributed by atoms with E-state index in [1.807, 2.05) is 6.92 Å². The zero-order valence-corrected chi connectivity index (χ0v) is 10.3. The average Bonchev–Trinajstić information content (AvgIpc) is 2.80. The number of rotatable bonds is 2. The highest BCUT2D eigenvalue weighted by Gasteiger charge is 2.21. The van der Waals surface area contributed by atoms with Crippen LogP contribution in [0.1, 0.15) is 29.3 Å². The van der Waals surface area contributed by atoms with Gasteiger partial charge in [0.05, 0.1) is 5.69 Å². The van der Waals surface area contributed by atoms with Gasteiger partial charge in [-0.05, 0) is 26.8 Å². The second-order valence-corrected chi connectivity index (χ2v) is 4.10. The van der Waals surface area contributed by atoms with Crippen LogP contribution in [0.4, 0.5) is 8.78 Å². The van der Waals surface area contributed by atoms with Crippen LogP contribution in [0, 0.1) is 32.1 Å². The van der Waals surface area contributed by atoms with Gasteiger partial charge in [-0.3, -0.25) is 9.67 Å². The second kappa shape index (κ2) is 4.26. The number of hydrogen-bond donors (Lipinski definition) is 1. The van der Waals surface area contributed by atoms with Gasteiger partial charge in [0.1, 0.15) is 11.8 Å². The lowest BCUT2D eigenvalue weighted by atomic mass is 10.0. The Bertz CT molecular complexity index is 612. The van der Waals surface area contributed by atoms with Crippen molar-refractivity contribution in [2.45, 2.75) is 27.3 Å². The molecular weight excluding hydrogens is 238 g/mol. The van der Waals surface area contributed by atoms with Crippen molar-refractivity contribution in [1.29, 1.82) is 5.26 Å². The lowest BCUT2D eigenvalue weighted by Crippen LogP contribution is -2.03. The molecule has 0 bridgehead atoms. The summed E-state index contributed by atoms with van der Waals surface area (Å²) in [6, 6.07) is 3.27. The summed E-state index contributed by atoms with van der Waals surface area (Å²) >= 11 is 0. The van der Waals surface area contributed by atoms with Crippen LogP contribution in [0.5, 0.6) is 0 Å². The fourth-order valence-corrected chi connectivity index (χ4v) is 2.16. The maximum atomic E-state index is 12.9. The summed E-state index contributed by atoms with van der Waals surface area (Å²) in [6.45, 7) is 2.47. The molecule has 0 unspecified atom stereocenters. The Hall–Kier alpha value is -2.16. The molecule has 2 rings (SSSR count). The summed E-state index contributed by atoms with van der Waals surface area (Å²) < 4.78 is 26.6. The van der Waals surface area contributed by atoms with Crippen LogP contribution < -0.4 is 0 Å². The van der Waals surface area contributed by atoms with E-state index < -0.39 is 6.55 Å². The Labute approximate surface area is 103 Å². The number of hydrogen-bond acceptors (Lipinski definition) is 2. The number of alkyl halides is 2. The molecule has 2 aromatic heterocycles. The maximum absolute atomic E-state index is 12.9. The molecule has 0 spiro atoms. The molecule has 6 heteroatoms. The van der Waals surface area contributed by atoms with Gasteiger partial charge >= 0.3 is 6.55 Å². The number of H-pyrrole nitrogens is 1. The van der Waals surface area contributed by atoms with Gasteiger partial charge in [0.2, 0.25) is 0 Å². The summed E-state index contributed by atoms with van der Waals surface area (Å²) in [5, 5.41) is 15.8. The maximum Gasteiger partial charge on any atom is 0.319 e. The van der Waals surface area contributed by atoms with E-state index in [0.717, 1.165) is 21.5 Å². The fraction of sp³-hybridized carbons (Fsp3) is 0.333. The smallest absolute Gasteiger partial charge is 0.282 e. The van der Waals surface area contributed by atoms with Crippen LogP contribution in [0.25, 0.3) is 11.1 Å². The van der Waals surface area contributed by atoms with Gasteiger partial charge in [-0.25, -0.2) is 0 Å². The van der Waals surface area contributed by atoms with Crippen molar-refractivity contribution in [3.63, 3.8) is 0 Å². The molecule has 94 valence electrons. The first-order valence-electron chi connectivity index (χ1n) is 5.39. The largest absolute Gasteiger partial charge is 0.319 e. The van der Waals surface area contributed by atoms with E-state index in [1.54, 1.807) is 19.9 Å². The number of aromatic amines is 1. The molecule has 0 saturated carbocycles. The third-order valence-electron chi connectivity index (χ3n) is 3.00. The molecule has 0 fully saturated rings. The van der Waals surface area contributed by atoms with Gasteiger partial charge in [0.25, 0.3) is 0 Å². The number of nitrogens with zero attached hydrogens (tertiary/aromatic N) is 3. The molecule has 0 aromatic carbocycles. The van der Waals surface area contributed by atoms with Gasteiger partial charge in [-0.15, -0.1) is 0 Å². The van der Waals surface area contributed by atoms with Crippen molar-refractivity contribution >= 4 is 0 Å². The van der Waals surface area contributed by atoms with Gasteiger partial charge in [-0.1, -0.05) is 0 Å². The summed E-state index contributed by atoms with van der Waals surface area (Å²) in [5.41, 5.74) is 3.25. The Kier molecular flexibility index (Phi) is 2.91. The van der Waals surface area contributed by atoms with E-state index in [4.69, 9.17) is 5.26 Å². The summed E-state index contributed by atoms with van der Waals surface area (Å²) in [6.07, 6.45) is 0. The third kappa shape index (κ3) is 1.68. The molecule has 2 aromatic rings. The van der Waals surface area contributed by atoms with E-state index in [2.05, 4.69) is 10.2 Å². The quantitative estimate of drug-likeness (QED) is 0.890. The molecule has 0 amide bonds. The lowest BCUT2D eigenvalue weighted by Gasteiger charge is -2.07. The molecule has 18 heavy (non-hydrogen) atoms. The number of nitrogens with one attached hydrogen (secondary N) is 1. The fourth-order valence-electron chi connectivity index (χ4n) is 2.16. The highest BCUT2D eigenvalue weighted by Crippen LogP contribution is 2.33. The van der Waals surface area contributed by atoms with Crippen molar-refractivity contribution in [3.05, 3.63) is 28.8 Å². The monoisotopic (exact) mass is 250 g/mol. The molecule has 2 heterocycles. The predicted octanol–water partition coefficient (Wildman–Crippen LogP) is 3.07. The molecule has 1 N–H and O–H groups in total. The molecule has 0 aliphatic heterocycles. The minimum absolute atomic E-state index is 0.0440. The molecule has 4 nitrogen and oxygen atoms in total. The number of aromatic nitrogens is 3. The van der Waals surface area contributed by atoms with Crippen molar-refractivity contribution in [3.8, 4) is 17.2 Å². The van der Waals surface area contributed by atoms with Crippen molar-refractivity contribution in [2.24, 2.45) is 0 Å². The molecule has 0 saturated heterocycles. The van der Waals surface area contributed by atoms with Gasteiger partial charge in [0, 0.05) is 22.5 Å². The molecule has 0 aliphatic rings. The first-order chi connectivity index (χ1) is 8.47. The predicted molar refractivity (Wildman–Crippen MR) is 62.2 cm³/mol. The van der Waals surface area contributed by atoms with Crippen molar-refractivity contribution in [1.82, 2.24) is 14.8 Å². The Balaban J connectivity index is 2.72. The Morgan fingerprint density at radius 1 is 1.39 bits per heavy atom. The number of halogens is 2. The Morgan fingerprint density at radius 2 is 2.06 bits per heavy atom. The topological polar surface area (TPSA) is 57.4 Å². The van der Waals surface area contributed by atoms with Crippen LogP contribution in [-0.2, 0) is 0 Å². The van der Waals surface area contributed by atoms with Gasteiger partial charge in [-0.2, -0.15) is 19.1 Å². The zero-order chi connectivity index (χ0) is 13.4. The Morgan fingerprint density at radius 3 is 2.44 bits per heavy atom. The van der Waals surface area contributed by atoms with Crippen molar-refractivity contribution in [2.75, 3.05) is 0 Å². The molecule has 0 atom stereocenters. The minimum atomic E-state index is -2.72. The molecule has 0 radical (unpaired) electrons. The third-order valence-corrected chi connectivity index (χ3v) is 3.00. The molecular formula is C12H12F2N4. The highest BCUT2D eigenvalue weighted by molar-refractivity contribution is 5.72. The van der Waals surface area contributed by atoms with Crippen molar-refractivity contribution < 1.29 is 8.78 Å². The van der Waals surface area contributed by atoms with Crippen LogP contribution in [0.15, 0.2) is 6.07 Å². The number of aryl methyl sites for hydroxylation is 2.